The van der Waals surface area contributed by atoms with Gasteiger partial charge in [-0.2, -0.15) is 0 Å². The van der Waals surface area contributed by atoms with Gasteiger partial charge < -0.3 is 18.5 Å². The number of ether oxygens (including phenoxy) is 1. The second-order valence-electron chi connectivity index (χ2n) is 6.91. The van der Waals surface area contributed by atoms with Gasteiger partial charge in [0, 0.05) is 29.8 Å². The van der Waals surface area contributed by atoms with Gasteiger partial charge in [-0.25, -0.2) is 4.79 Å². The molecule has 0 aliphatic heterocycles. The van der Waals surface area contributed by atoms with Crippen LogP contribution in [-0.4, -0.2) is 41.5 Å². The van der Waals surface area contributed by atoms with Crippen LogP contribution in [0.3, 0.4) is 0 Å². The van der Waals surface area contributed by atoms with Gasteiger partial charge in [0.15, 0.2) is 6.61 Å². The Morgan fingerprint density at radius 3 is 2.67 bits per heavy atom. The highest BCUT2D eigenvalue weighted by Gasteiger charge is 2.11. The number of hydrogen-bond donors (Lipinski definition) is 0. The van der Waals surface area contributed by atoms with E-state index in [1.807, 2.05) is 56.6 Å². The Bertz CT molecular complexity index is 1190. The highest BCUT2D eigenvalue weighted by molar-refractivity contribution is 7.99. The first kappa shape index (κ1) is 20.2. The van der Waals surface area contributed by atoms with Crippen LogP contribution in [0.4, 0.5) is 0 Å². The van der Waals surface area contributed by atoms with Crippen molar-refractivity contribution in [3.8, 4) is 16.9 Å². The Hall–Kier alpha value is -3.10. The van der Waals surface area contributed by atoms with Crippen molar-refractivity contribution in [3.05, 3.63) is 70.9 Å². The largest absolute Gasteiger partial charge is 0.484 e. The summed E-state index contributed by atoms with van der Waals surface area (Å²) >= 11 is 1.51. The van der Waals surface area contributed by atoms with Crippen LogP contribution < -0.4 is 10.4 Å². The van der Waals surface area contributed by atoms with E-state index >= 15 is 0 Å². The summed E-state index contributed by atoms with van der Waals surface area (Å²) in [5.41, 5.74) is 1.83. The molecule has 0 bridgehead atoms. The summed E-state index contributed by atoms with van der Waals surface area (Å²) in [5.74, 6) is 1.81. The van der Waals surface area contributed by atoms with Crippen molar-refractivity contribution in [3.63, 3.8) is 0 Å². The van der Waals surface area contributed by atoms with Crippen LogP contribution in [0.25, 0.3) is 22.1 Å². The Labute approximate surface area is 177 Å². The maximum atomic E-state index is 12.1. The van der Waals surface area contributed by atoms with E-state index in [2.05, 4.69) is 15.1 Å². The first-order valence-electron chi connectivity index (χ1n) is 9.44. The molecule has 154 valence electrons. The monoisotopic (exact) mass is 423 g/mol. The highest BCUT2D eigenvalue weighted by Crippen LogP contribution is 2.29. The zero-order valence-corrected chi connectivity index (χ0v) is 17.5. The second kappa shape index (κ2) is 9.15. The summed E-state index contributed by atoms with van der Waals surface area (Å²) in [5, 5.41) is 9.39. The van der Waals surface area contributed by atoms with Gasteiger partial charge in [-0.1, -0.05) is 42.1 Å². The Kier molecular flexibility index (Phi) is 6.15. The normalized spacial score (nSPS) is 11.3. The fourth-order valence-electron chi connectivity index (χ4n) is 2.90. The average molecular weight is 423 g/mol. The van der Waals surface area contributed by atoms with Crippen molar-refractivity contribution in [1.29, 1.82) is 0 Å². The maximum Gasteiger partial charge on any atom is 0.336 e. The summed E-state index contributed by atoms with van der Waals surface area (Å²) in [6, 6.07) is 16.6. The van der Waals surface area contributed by atoms with Crippen LogP contribution in [0.1, 0.15) is 5.89 Å². The van der Waals surface area contributed by atoms with E-state index in [-0.39, 0.29) is 6.61 Å². The van der Waals surface area contributed by atoms with Crippen LogP contribution in [-0.2, 0) is 6.61 Å². The van der Waals surface area contributed by atoms with Gasteiger partial charge in [-0.15, -0.1) is 10.2 Å². The molecule has 4 rings (SSSR count). The predicted octanol–water partition coefficient (Wildman–Crippen LogP) is 4.08. The third kappa shape index (κ3) is 4.90. The van der Waals surface area contributed by atoms with E-state index in [0.29, 0.717) is 22.4 Å². The molecule has 2 heterocycles. The number of rotatable bonds is 8. The molecule has 0 unspecified atom stereocenters. The lowest BCUT2D eigenvalue weighted by Gasteiger charge is -2.08. The minimum Gasteiger partial charge on any atom is -0.484 e. The van der Waals surface area contributed by atoms with Gasteiger partial charge >= 0.3 is 5.63 Å². The number of fused-ring (bicyclic) bond motifs is 1. The molecule has 0 atom stereocenters. The van der Waals surface area contributed by atoms with E-state index < -0.39 is 5.63 Å². The molecule has 0 aliphatic carbocycles. The molecule has 0 radical (unpaired) electrons. The van der Waals surface area contributed by atoms with Gasteiger partial charge in [-0.05, 0) is 37.4 Å². The van der Waals surface area contributed by atoms with E-state index in [0.717, 1.165) is 28.8 Å². The molecule has 0 fully saturated rings. The van der Waals surface area contributed by atoms with Gasteiger partial charge in [0.05, 0.1) is 0 Å². The Balaban J connectivity index is 1.48. The summed E-state index contributed by atoms with van der Waals surface area (Å²) in [4.78, 5) is 14.1. The van der Waals surface area contributed by atoms with E-state index in [1.54, 1.807) is 6.07 Å². The standard InChI is InChI=1S/C22H21N3O4S/c1-25(2)10-11-30-22-24-23-20(29-22)14-27-16-8-9-17-18(15-6-4-3-5-7-15)13-21(26)28-19(17)12-16/h3-9,12-13H,10-11,14H2,1-2H3. The van der Waals surface area contributed by atoms with Crippen molar-refractivity contribution in [1.82, 2.24) is 15.1 Å². The predicted molar refractivity (Wildman–Crippen MR) is 116 cm³/mol. The fraction of sp³-hybridized carbons (Fsp3) is 0.227. The molecule has 0 saturated carbocycles. The van der Waals surface area contributed by atoms with Crippen LogP contribution in [0, 0.1) is 0 Å². The smallest absolute Gasteiger partial charge is 0.336 e. The van der Waals surface area contributed by atoms with Crippen molar-refractivity contribution in [2.75, 3.05) is 26.4 Å². The summed E-state index contributed by atoms with van der Waals surface area (Å²) in [6.45, 7) is 1.06. The number of thioether (sulfide) groups is 1. The van der Waals surface area contributed by atoms with Crippen LogP contribution in [0.15, 0.2) is 73.4 Å². The molecular formula is C22H21N3O4S. The lowest BCUT2D eigenvalue weighted by molar-refractivity contribution is 0.252. The first-order valence-corrected chi connectivity index (χ1v) is 10.4. The first-order chi connectivity index (χ1) is 14.6. The molecule has 0 saturated heterocycles. The molecule has 8 heteroatoms. The van der Waals surface area contributed by atoms with Crippen molar-refractivity contribution >= 4 is 22.7 Å². The second-order valence-corrected chi connectivity index (χ2v) is 7.95. The summed E-state index contributed by atoms with van der Waals surface area (Å²) in [6.07, 6.45) is 0. The SMILES string of the molecule is CN(C)CCSc1nnc(COc2ccc3c(-c4ccccc4)cc(=O)oc3c2)o1. The minimum atomic E-state index is -0.408. The van der Waals surface area contributed by atoms with E-state index in [1.165, 1.54) is 17.8 Å². The molecule has 4 aromatic rings. The highest BCUT2D eigenvalue weighted by atomic mass is 32.2. The van der Waals surface area contributed by atoms with Crippen molar-refractivity contribution in [2.24, 2.45) is 0 Å². The van der Waals surface area contributed by atoms with Crippen molar-refractivity contribution < 1.29 is 13.6 Å². The van der Waals surface area contributed by atoms with Crippen molar-refractivity contribution in [2.45, 2.75) is 11.8 Å². The summed E-state index contributed by atoms with van der Waals surface area (Å²) in [7, 11) is 4.03. The van der Waals surface area contributed by atoms with Crippen LogP contribution in [0.2, 0.25) is 0 Å². The zero-order valence-electron chi connectivity index (χ0n) is 16.7. The van der Waals surface area contributed by atoms with Gasteiger partial charge in [0.2, 0.25) is 0 Å². The molecule has 0 N–H and O–H groups in total. The topological polar surface area (TPSA) is 81.6 Å². The lowest BCUT2D eigenvalue weighted by Crippen LogP contribution is -2.14. The molecule has 7 nitrogen and oxygen atoms in total. The molecule has 2 aromatic carbocycles. The average Bonchev–Trinajstić information content (AvgIpc) is 3.19. The molecular weight excluding hydrogens is 402 g/mol. The number of hydrogen-bond acceptors (Lipinski definition) is 8. The zero-order chi connectivity index (χ0) is 20.9. The maximum absolute atomic E-state index is 12.1. The third-order valence-electron chi connectivity index (χ3n) is 4.38. The van der Waals surface area contributed by atoms with E-state index in [4.69, 9.17) is 13.6 Å². The third-order valence-corrected chi connectivity index (χ3v) is 5.17. The quantitative estimate of drug-likeness (QED) is 0.310. The van der Waals surface area contributed by atoms with Gasteiger partial charge in [-0.3, -0.25) is 0 Å². The number of benzene rings is 2. The molecule has 0 aliphatic rings. The molecule has 0 spiro atoms. The van der Waals surface area contributed by atoms with Crippen LogP contribution >= 0.6 is 11.8 Å². The number of nitrogens with zero attached hydrogens (tertiary/aromatic N) is 3. The summed E-state index contributed by atoms with van der Waals surface area (Å²) < 4.78 is 16.8. The van der Waals surface area contributed by atoms with E-state index in [9.17, 15) is 4.79 Å². The lowest BCUT2D eigenvalue weighted by atomic mass is 10.0. The fourth-order valence-corrected chi connectivity index (χ4v) is 3.79. The Morgan fingerprint density at radius 1 is 1.03 bits per heavy atom. The molecule has 2 aromatic heterocycles. The molecule has 30 heavy (non-hydrogen) atoms. The van der Waals surface area contributed by atoms with Gasteiger partial charge in [0.25, 0.3) is 11.1 Å². The molecule has 0 amide bonds. The number of aromatic nitrogens is 2. The Morgan fingerprint density at radius 2 is 1.87 bits per heavy atom. The van der Waals surface area contributed by atoms with Gasteiger partial charge in [0.1, 0.15) is 11.3 Å². The van der Waals surface area contributed by atoms with Crippen LogP contribution in [0.5, 0.6) is 5.75 Å². The minimum absolute atomic E-state index is 0.134.